The maximum atomic E-state index is 11.9. The molecule has 4 nitrogen and oxygen atoms in total. The zero-order valence-electron chi connectivity index (χ0n) is 10.7. The van der Waals surface area contributed by atoms with Gasteiger partial charge in [-0.3, -0.25) is 0 Å². The average molecular weight is 264 g/mol. The van der Waals surface area contributed by atoms with Crippen LogP contribution in [0.15, 0.2) is 17.5 Å². The van der Waals surface area contributed by atoms with E-state index < -0.39 is 0 Å². The van der Waals surface area contributed by atoms with E-state index in [2.05, 4.69) is 9.97 Å². The van der Waals surface area contributed by atoms with E-state index in [4.69, 9.17) is 4.74 Å². The Bertz CT molecular complexity index is 529. The highest BCUT2D eigenvalue weighted by Gasteiger charge is 2.21. The largest absolute Gasteiger partial charge is 0.461 e. The van der Waals surface area contributed by atoms with Crippen LogP contribution in [0.3, 0.4) is 0 Å². The first-order chi connectivity index (χ1) is 8.63. The summed E-state index contributed by atoms with van der Waals surface area (Å²) < 4.78 is 5.03. The molecule has 0 atom stereocenters. The lowest BCUT2D eigenvalue weighted by Gasteiger charge is -2.04. The van der Waals surface area contributed by atoms with Gasteiger partial charge in [-0.05, 0) is 24.3 Å². The molecule has 0 aliphatic carbocycles. The van der Waals surface area contributed by atoms with Crippen molar-refractivity contribution in [3.05, 3.63) is 28.9 Å². The SMILES string of the molecule is CCOC(=O)c1nc(-c2cccs2)[nH]c1C(C)C. The fourth-order valence-corrected chi connectivity index (χ4v) is 2.36. The number of thiophene rings is 1. The molecular formula is C13H16N2O2S. The number of imidazole rings is 1. The maximum Gasteiger partial charge on any atom is 0.358 e. The first-order valence-corrected chi connectivity index (χ1v) is 6.82. The fraction of sp³-hybridized carbons (Fsp3) is 0.385. The fourth-order valence-electron chi connectivity index (χ4n) is 1.69. The van der Waals surface area contributed by atoms with Gasteiger partial charge in [-0.1, -0.05) is 19.9 Å². The molecule has 0 bridgehead atoms. The highest BCUT2D eigenvalue weighted by Crippen LogP contribution is 2.26. The number of ether oxygens (including phenoxy) is 1. The van der Waals surface area contributed by atoms with Gasteiger partial charge in [0.25, 0.3) is 0 Å². The summed E-state index contributed by atoms with van der Waals surface area (Å²) in [6.07, 6.45) is 0. The molecule has 18 heavy (non-hydrogen) atoms. The van der Waals surface area contributed by atoms with Crippen LogP contribution in [0.1, 0.15) is 42.9 Å². The highest BCUT2D eigenvalue weighted by atomic mass is 32.1. The molecule has 0 aliphatic rings. The molecule has 0 radical (unpaired) electrons. The normalized spacial score (nSPS) is 10.9. The number of aromatic amines is 1. The van der Waals surface area contributed by atoms with Crippen molar-refractivity contribution in [1.82, 2.24) is 9.97 Å². The van der Waals surface area contributed by atoms with Crippen molar-refractivity contribution in [2.24, 2.45) is 0 Å². The summed E-state index contributed by atoms with van der Waals surface area (Å²) >= 11 is 1.59. The third-order valence-corrected chi connectivity index (χ3v) is 3.41. The van der Waals surface area contributed by atoms with Crippen molar-refractivity contribution in [3.63, 3.8) is 0 Å². The number of hydrogen-bond donors (Lipinski definition) is 1. The highest BCUT2D eigenvalue weighted by molar-refractivity contribution is 7.13. The molecule has 0 unspecified atom stereocenters. The molecule has 0 saturated carbocycles. The molecule has 0 aliphatic heterocycles. The molecule has 1 N–H and O–H groups in total. The van der Waals surface area contributed by atoms with Crippen molar-refractivity contribution >= 4 is 17.3 Å². The second-order valence-electron chi connectivity index (χ2n) is 4.20. The van der Waals surface area contributed by atoms with Crippen LogP contribution >= 0.6 is 11.3 Å². The van der Waals surface area contributed by atoms with Gasteiger partial charge in [-0.25, -0.2) is 9.78 Å². The van der Waals surface area contributed by atoms with Gasteiger partial charge in [0, 0.05) is 0 Å². The van der Waals surface area contributed by atoms with Crippen molar-refractivity contribution in [2.45, 2.75) is 26.7 Å². The van der Waals surface area contributed by atoms with E-state index in [9.17, 15) is 4.79 Å². The summed E-state index contributed by atoms with van der Waals surface area (Å²) in [6.45, 7) is 6.19. The molecule has 5 heteroatoms. The van der Waals surface area contributed by atoms with E-state index in [0.29, 0.717) is 12.3 Å². The molecule has 0 spiro atoms. The Kier molecular flexibility index (Phi) is 3.81. The summed E-state index contributed by atoms with van der Waals surface area (Å²) in [6, 6.07) is 3.93. The van der Waals surface area contributed by atoms with Crippen LogP contribution in [-0.2, 0) is 4.74 Å². The number of rotatable bonds is 4. The number of hydrogen-bond acceptors (Lipinski definition) is 4. The minimum absolute atomic E-state index is 0.200. The van der Waals surface area contributed by atoms with Gasteiger partial charge in [0.05, 0.1) is 17.2 Å². The third-order valence-electron chi connectivity index (χ3n) is 2.53. The molecule has 2 heterocycles. The second kappa shape index (κ2) is 5.35. The Morgan fingerprint density at radius 1 is 1.56 bits per heavy atom. The summed E-state index contributed by atoms with van der Waals surface area (Å²) in [5, 5.41) is 1.98. The predicted octanol–water partition coefficient (Wildman–Crippen LogP) is 3.44. The van der Waals surface area contributed by atoms with E-state index in [1.165, 1.54) is 0 Å². The first-order valence-electron chi connectivity index (χ1n) is 5.94. The second-order valence-corrected chi connectivity index (χ2v) is 5.15. The Labute approximate surface area is 110 Å². The van der Waals surface area contributed by atoms with Crippen molar-refractivity contribution < 1.29 is 9.53 Å². The summed E-state index contributed by atoms with van der Waals surface area (Å²) in [5.74, 6) is 0.572. The molecule has 0 amide bonds. The molecule has 2 aromatic rings. The van der Waals surface area contributed by atoms with Gasteiger partial charge >= 0.3 is 5.97 Å². The summed E-state index contributed by atoms with van der Waals surface area (Å²) in [5.41, 5.74) is 1.23. The van der Waals surface area contributed by atoms with Crippen LogP contribution in [0.5, 0.6) is 0 Å². The van der Waals surface area contributed by atoms with E-state index >= 15 is 0 Å². The first kappa shape index (κ1) is 12.8. The lowest BCUT2D eigenvalue weighted by molar-refractivity contribution is 0.0518. The smallest absolute Gasteiger partial charge is 0.358 e. The van der Waals surface area contributed by atoms with Gasteiger partial charge in [-0.2, -0.15) is 0 Å². The molecule has 0 saturated heterocycles. The van der Waals surface area contributed by atoms with Gasteiger partial charge in [0.1, 0.15) is 5.82 Å². The van der Waals surface area contributed by atoms with Gasteiger partial charge in [0.2, 0.25) is 0 Å². The average Bonchev–Trinajstić information content (AvgIpc) is 2.98. The van der Waals surface area contributed by atoms with Crippen LogP contribution in [0.4, 0.5) is 0 Å². The van der Waals surface area contributed by atoms with Crippen molar-refractivity contribution in [2.75, 3.05) is 6.61 Å². The number of nitrogens with zero attached hydrogens (tertiary/aromatic N) is 1. The molecular weight excluding hydrogens is 248 g/mol. The van der Waals surface area contributed by atoms with Crippen LogP contribution in [-0.4, -0.2) is 22.5 Å². The number of aromatic nitrogens is 2. The third kappa shape index (κ3) is 2.46. The Morgan fingerprint density at radius 2 is 2.33 bits per heavy atom. The van der Waals surface area contributed by atoms with Crippen LogP contribution < -0.4 is 0 Å². The molecule has 0 aromatic carbocycles. The lowest BCUT2D eigenvalue weighted by atomic mass is 10.1. The van der Waals surface area contributed by atoms with Crippen LogP contribution in [0.2, 0.25) is 0 Å². The van der Waals surface area contributed by atoms with Gasteiger partial charge in [-0.15, -0.1) is 11.3 Å². The number of carbonyl (C=O) groups excluding carboxylic acids is 1. The number of carbonyl (C=O) groups is 1. The molecule has 2 aromatic heterocycles. The Morgan fingerprint density at radius 3 is 2.89 bits per heavy atom. The quantitative estimate of drug-likeness (QED) is 0.861. The standard InChI is InChI=1S/C13H16N2O2S/c1-4-17-13(16)11-10(8(2)3)14-12(15-11)9-6-5-7-18-9/h5-8H,4H2,1-3H3,(H,14,15). The molecule has 0 fully saturated rings. The monoisotopic (exact) mass is 264 g/mol. The summed E-state index contributed by atoms with van der Waals surface area (Å²) in [4.78, 5) is 20.5. The zero-order chi connectivity index (χ0) is 13.1. The maximum absolute atomic E-state index is 11.9. The lowest BCUT2D eigenvalue weighted by Crippen LogP contribution is -2.08. The van der Waals surface area contributed by atoms with Crippen LogP contribution in [0, 0.1) is 0 Å². The summed E-state index contributed by atoms with van der Waals surface area (Å²) in [7, 11) is 0. The van der Waals surface area contributed by atoms with E-state index in [1.807, 2.05) is 31.4 Å². The van der Waals surface area contributed by atoms with E-state index in [0.717, 1.165) is 16.4 Å². The zero-order valence-corrected chi connectivity index (χ0v) is 11.5. The number of esters is 1. The number of H-pyrrole nitrogens is 1. The Hall–Kier alpha value is -1.62. The predicted molar refractivity (Wildman–Crippen MR) is 71.9 cm³/mol. The van der Waals surface area contributed by atoms with E-state index in [1.54, 1.807) is 18.3 Å². The minimum Gasteiger partial charge on any atom is -0.461 e. The van der Waals surface area contributed by atoms with Gasteiger partial charge in [0.15, 0.2) is 5.69 Å². The Balaban J connectivity index is 2.42. The van der Waals surface area contributed by atoms with E-state index in [-0.39, 0.29) is 11.9 Å². The van der Waals surface area contributed by atoms with Crippen LogP contribution in [0.25, 0.3) is 10.7 Å². The molecule has 96 valence electrons. The van der Waals surface area contributed by atoms with Crippen molar-refractivity contribution in [1.29, 1.82) is 0 Å². The molecule has 2 rings (SSSR count). The van der Waals surface area contributed by atoms with Crippen molar-refractivity contribution in [3.8, 4) is 10.7 Å². The number of nitrogens with one attached hydrogen (secondary N) is 1. The minimum atomic E-state index is -0.361. The topological polar surface area (TPSA) is 55.0 Å². The van der Waals surface area contributed by atoms with Gasteiger partial charge < -0.3 is 9.72 Å².